The number of nitrogens with one attached hydrogen (secondary N) is 1. The Bertz CT molecular complexity index is 297. The van der Waals surface area contributed by atoms with Crippen LogP contribution >= 0.6 is 0 Å². The van der Waals surface area contributed by atoms with Crippen LogP contribution in [0.5, 0.6) is 0 Å². The molecule has 1 fully saturated rings. The third-order valence-electron chi connectivity index (χ3n) is 2.97. The van der Waals surface area contributed by atoms with E-state index in [1.807, 2.05) is 6.07 Å². The molecule has 1 aromatic rings. The second kappa shape index (κ2) is 5.46. The summed E-state index contributed by atoms with van der Waals surface area (Å²) in [5.41, 5.74) is 0. The zero-order valence-corrected chi connectivity index (χ0v) is 10.1. The van der Waals surface area contributed by atoms with E-state index >= 15 is 0 Å². The first-order valence-electron chi connectivity index (χ1n) is 6.09. The van der Waals surface area contributed by atoms with Crippen LogP contribution in [-0.2, 0) is 6.54 Å². The van der Waals surface area contributed by atoms with E-state index in [1.165, 1.54) is 6.42 Å². The van der Waals surface area contributed by atoms with Gasteiger partial charge in [-0.3, -0.25) is 4.90 Å². The van der Waals surface area contributed by atoms with E-state index in [-0.39, 0.29) is 0 Å². The van der Waals surface area contributed by atoms with Crippen molar-refractivity contribution in [2.75, 3.05) is 19.6 Å². The highest BCUT2D eigenvalue weighted by molar-refractivity contribution is 4.94. The molecule has 1 aliphatic rings. The first kappa shape index (κ1) is 11.6. The molecular formula is C12H21N3O. The largest absolute Gasteiger partial charge is 0.360 e. The molecule has 0 saturated carbocycles. The number of aromatic nitrogens is 1. The number of piperazine rings is 1. The molecule has 1 aliphatic heterocycles. The molecule has 0 radical (unpaired) electrons. The lowest BCUT2D eigenvalue weighted by molar-refractivity contribution is 0.164. The molecule has 16 heavy (non-hydrogen) atoms. The van der Waals surface area contributed by atoms with Crippen LogP contribution < -0.4 is 5.32 Å². The third-order valence-corrected chi connectivity index (χ3v) is 2.97. The molecule has 0 aromatic carbocycles. The molecule has 0 bridgehead atoms. The van der Waals surface area contributed by atoms with Crippen molar-refractivity contribution in [3.8, 4) is 0 Å². The molecule has 4 nitrogen and oxygen atoms in total. The highest BCUT2D eigenvalue weighted by atomic mass is 16.5. The molecule has 4 heteroatoms. The highest BCUT2D eigenvalue weighted by Gasteiger charge is 2.20. The van der Waals surface area contributed by atoms with Crippen LogP contribution in [0.4, 0.5) is 0 Å². The van der Waals surface area contributed by atoms with Gasteiger partial charge in [-0.05, 0) is 12.3 Å². The van der Waals surface area contributed by atoms with Crippen molar-refractivity contribution in [3.63, 3.8) is 0 Å². The summed E-state index contributed by atoms with van der Waals surface area (Å²) in [5.74, 6) is 1.72. The van der Waals surface area contributed by atoms with Crippen molar-refractivity contribution in [3.05, 3.63) is 18.0 Å². The Morgan fingerprint density at radius 2 is 2.50 bits per heavy atom. The highest BCUT2D eigenvalue weighted by Crippen LogP contribution is 2.12. The quantitative estimate of drug-likeness (QED) is 0.839. The van der Waals surface area contributed by atoms with Gasteiger partial charge in [0, 0.05) is 31.7 Å². The summed E-state index contributed by atoms with van der Waals surface area (Å²) >= 11 is 0. The van der Waals surface area contributed by atoms with E-state index in [0.717, 1.165) is 37.9 Å². The summed E-state index contributed by atoms with van der Waals surface area (Å²) in [5, 5.41) is 7.31. The van der Waals surface area contributed by atoms with Gasteiger partial charge in [-0.1, -0.05) is 19.0 Å². The van der Waals surface area contributed by atoms with Crippen molar-refractivity contribution in [2.45, 2.75) is 32.9 Å². The molecule has 90 valence electrons. The lowest BCUT2D eigenvalue weighted by Gasteiger charge is -2.33. The second-order valence-electron chi connectivity index (χ2n) is 4.99. The average Bonchev–Trinajstić information content (AvgIpc) is 2.70. The van der Waals surface area contributed by atoms with Crippen molar-refractivity contribution >= 4 is 0 Å². The fraction of sp³-hybridized carbons (Fsp3) is 0.750. The SMILES string of the molecule is CC(C)CC1CN(Cc2ccno2)CCN1. The molecule has 0 amide bonds. The molecule has 2 heterocycles. The minimum atomic E-state index is 0.622. The van der Waals surface area contributed by atoms with Crippen LogP contribution in [0.2, 0.25) is 0 Å². The monoisotopic (exact) mass is 223 g/mol. The maximum atomic E-state index is 5.14. The normalized spacial score (nSPS) is 22.8. The molecule has 1 atom stereocenters. The van der Waals surface area contributed by atoms with Crippen LogP contribution in [0, 0.1) is 5.92 Å². The standard InChI is InChI=1S/C12H21N3O/c1-10(2)7-11-8-15(6-5-13-11)9-12-3-4-14-16-12/h3-4,10-11,13H,5-9H2,1-2H3. The molecule has 0 spiro atoms. The Morgan fingerprint density at radius 3 is 3.19 bits per heavy atom. The van der Waals surface area contributed by atoms with Crippen LogP contribution in [0.3, 0.4) is 0 Å². The fourth-order valence-electron chi connectivity index (χ4n) is 2.31. The second-order valence-corrected chi connectivity index (χ2v) is 4.99. The van der Waals surface area contributed by atoms with Crippen molar-refractivity contribution < 1.29 is 4.52 Å². The Kier molecular flexibility index (Phi) is 3.96. The van der Waals surface area contributed by atoms with E-state index in [2.05, 4.69) is 29.2 Å². The van der Waals surface area contributed by atoms with E-state index in [9.17, 15) is 0 Å². The molecule has 2 rings (SSSR count). The number of rotatable bonds is 4. The van der Waals surface area contributed by atoms with E-state index in [1.54, 1.807) is 6.20 Å². The summed E-state index contributed by atoms with van der Waals surface area (Å²) in [6.07, 6.45) is 2.95. The molecule has 1 unspecified atom stereocenters. The van der Waals surface area contributed by atoms with Crippen molar-refractivity contribution in [1.29, 1.82) is 0 Å². The van der Waals surface area contributed by atoms with Gasteiger partial charge in [0.25, 0.3) is 0 Å². The molecule has 1 N–H and O–H groups in total. The van der Waals surface area contributed by atoms with Crippen LogP contribution in [-0.4, -0.2) is 35.7 Å². The van der Waals surface area contributed by atoms with Gasteiger partial charge < -0.3 is 9.84 Å². The molecule has 1 aromatic heterocycles. The number of hydrogen-bond acceptors (Lipinski definition) is 4. The zero-order chi connectivity index (χ0) is 11.4. The first-order chi connectivity index (χ1) is 7.74. The summed E-state index contributed by atoms with van der Waals surface area (Å²) in [6.45, 7) is 8.71. The first-order valence-corrected chi connectivity index (χ1v) is 6.09. The Hall–Kier alpha value is -0.870. The topological polar surface area (TPSA) is 41.3 Å². The van der Waals surface area contributed by atoms with E-state index in [4.69, 9.17) is 4.52 Å². The zero-order valence-electron chi connectivity index (χ0n) is 10.1. The summed E-state index contributed by atoms with van der Waals surface area (Å²) in [7, 11) is 0. The Morgan fingerprint density at radius 1 is 1.62 bits per heavy atom. The van der Waals surface area contributed by atoms with Crippen molar-refractivity contribution in [1.82, 2.24) is 15.4 Å². The number of nitrogens with zero attached hydrogens (tertiary/aromatic N) is 2. The lowest BCUT2D eigenvalue weighted by atomic mass is 10.0. The summed E-state index contributed by atoms with van der Waals surface area (Å²) in [6, 6.07) is 2.57. The smallest absolute Gasteiger partial charge is 0.150 e. The van der Waals surface area contributed by atoms with Gasteiger partial charge in [-0.25, -0.2) is 0 Å². The van der Waals surface area contributed by atoms with Gasteiger partial charge >= 0.3 is 0 Å². The van der Waals surface area contributed by atoms with Crippen LogP contribution in [0.15, 0.2) is 16.8 Å². The lowest BCUT2D eigenvalue weighted by Crippen LogP contribution is -2.50. The molecule has 1 saturated heterocycles. The van der Waals surface area contributed by atoms with Crippen molar-refractivity contribution in [2.24, 2.45) is 5.92 Å². The molecule has 0 aliphatic carbocycles. The van der Waals surface area contributed by atoms with Gasteiger partial charge in [0.1, 0.15) is 0 Å². The Labute approximate surface area is 97.0 Å². The number of hydrogen-bond donors (Lipinski definition) is 1. The third kappa shape index (κ3) is 3.32. The fourth-order valence-corrected chi connectivity index (χ4v) is 2.31. The molecular weight excluding hydrogens is 202 g/mol. The summed E-state index contributed by atoms with van der Waals surface area (Å²) in [4.78, 5) is 2.43. The van der Waals surface area contributed by atoms with Gasteiger partial charge in [0.2, 0.25) is 0 Å². The van der Waals surface area contributed by atoms with Gasteiger partial charge in [0.05, 0.1) is 12.7 Å². The minimum absolute atomic E-state index is 0.622. The summed E-state index contributed by atoms with van der Waals surface area (Å²) < 4.78 is 5.14. The van der Waals surface area contributed by atoms with Gasteiger partial charge in [-0.2, -0.15) is 0 Å². The predicted molar refractivity (Wildman–Crippen MR) is 63.0 cm³/mol. The minimum Gasteiger partial charge on any atom is -0.360 e. The predicted octanol–water partition coefficient (Wildman–Crippen LogP) is 1.49. The Balaban J connectivity index is 1.82. The maximum Gasteiger partial charge on any atom is 0.150 e. The van der Waals surface area contributed by atoms with Crippen LogP contribution in [0.1, 0.15) is 26.0 Å². The van der Waals surface area contributed by atoms with Gasteiger partial charge in [0.15, 0.2) is 5.76 Å². The van der Waals surface area contributed by atoms with Crippen LogP contribution in [0.25, 0.3) is 0 Å². The maximum absolute atomic E-state index is 5.14. The van der Waals surface area contributed by atoms with E-state index in [0.29, 0.717) is 6.04 Å². The van der Waals surface area contributed by atoms with E-state index < -0.39 is 0 Å². The average molecular weight is 223 g/mol. The van der Waals surface area contributed by atoms with Gasteiger partial charge in [-0.15, -0.1) is 0 Å².